The van der Waals surface area contributed by atoms with Crippen LogP contribution in [0.5, 0.6) is 0 Å². The van der Waals surface area contributed by atoms with E-state index in [1.54, 1.807) is 0 Å². The van der Waals surface area contributed by atoms with Gasteiger partial charge in [0.15, 0.2) is 0 Å². The van der Waals surface area contributed by atoms with E-state index in [1.165, 1.54) is 0 Å². The summed E-state index contributed by atoms with van der Waals surface area (Å²) in [5.74, 6) is -8.74. The number of carboxylic acid groups (broad SMARTS) is 4. The first-order chi connectivity index (χ1) is 5.29. The second-order valence-electron chi connectivity index (χ2n) is 1.15. The van der Waals surface area contributed by atoms with Crippen LogP contribution in [0.1, 0.15) is 0 Å². The maximum Gasteiger partial charge on any atom is 4.00 e. The van der Waals surface area contributed by atoms with Crippen LogP contribution >= 0.6 is 0 Å². The number of carbonyl (C=O) groups excluding carboxylic acids is 4. The van der Waals surface area contributed by atoms with Crippen LogP contribution in [0.2, 0.25) is 0 Å². The number of hydrogen-bond acceptors (Lipinski definition) is 8. The summed E-state index contributed by atoms with van der Waals surface area (Å²) < 4.78 is 0. The normalized spacial score (nSPS) is 6.77. The Balaban J connectivity index is -0.000000143. The molecule has 0 rings (SSSR count). The summed E-state index contributed by atoms with van der Waals surface area (Å²) in [4.78, 5) is 35.7. The van der Waals surface area contributed by atoms with Gasteiger partial charge in [0.2, 0.25) is 0 Å². The SMILES string of the molecule is O=C([O-])C(=O)[O-].O=C([O-])C(=O)[O-].[Si+4]. The molecule has 0 spiro atoms. The van der Waals surface area contributed by atoms with Crippen LogP contribution < -0.4 is 20.4 Å². The molecule has 0 heterocycles. The smallest absolute Gasteiger partial charge is 0.543 e. The Morgan fingerprint density at radius 1 is 0.538 bits per heavy atom. The van der Waals surface area contributed by atoms with Crippen molar-refractivity contribution in [2.24, 2.45) is 0 Å². The average Bonchev–Trinajstić information content (AvgIpc) is 1.88. The molecular weight excluding hydrogens is 204 g/mol. The Bertz CT molecular complexity index is 172. The minimum atomic E-state index is -2.19. The van der Waals surface area contributed by atoms with Crippen molar-refractivity contribution >= 4 is 34.8 Å². The molecule has 0 amide bonds. The van der Waals surface area contributed by atoms with Crippen LogP contribution in [0, 0.1) is 0 Å². The second-order valence-corrected chi connectivity index (χ2v) is 1.15. The first-order valence-electron chi connectivity index (χ1n) is 2.13. The molecule has 9 heteroatoms. The fourth-order valence-electron chi connectivity index (χ4n) is 0. The minimum absolute atomic E-state index is 0. The van der Waals surface area contributed by atoms with E-state index in [0.717, 1.165) is 0 Å². The Morgan fingerprint density at radius 3 is 0.615 bits per heavy atom. The van der Waals surface area contributed by atoms with Crippen molar-refractivity contribution in [2.45, 2.75) is 0 Å². The molecule has 0 aromatic heterocycles. The summed E-state index contributed by atoms with van der Waals surface area (Å²) >= 11 is 0. The van der Waals surface area contributed by atoms with Crippen molar-refractivity contribution in [3.05, 3.63) is 0 Å². The van der Waals surface area contributed by atoms with E-state index in [1.807, 2.05) is 0 Å². The van der Waals surface area contributed by atoms with Crippen LogP contribution in [0.3, 0.4) is 0 Å². The standard InChI is InChI=1S/2C2H2O4.Si/c2*3-1(4)2(5)6;/h2*(H,3,4)(H,5,6);/q;;+4/p-4. The van der Waals surface area contributed by atoms with Gasteiger partial charge >= 0.3 is 11.0 Å². The predicted octanol–water partition coefficient (Wildman–Crippen LogP) is -7.41. The zero-order chi connectivity index (χ0) is 10.3. The van der Waals surface area contributed by atoms with Crippen molar-refractivity contribution in [1.82, 2.24) is 0 Å². The first-order valence-corrected chi connectivity index (χ1v) is 2.13. The molecule has 0 aliphatic heterocycles. The number of aliphatic carboxylic acids is 4. The maximum absolute atomic E-state index is 8.93. The molecule has 0 saturated carbocycles. The van der Waals surface area contributed by atoms with E-state index >= 15 is 0 Å². The van der Waals surface area contributed by atoms with Crippen molar-refractivity contribution in [1.29, 1.82) is 0 Å². The van der Waals surface area contributed by atoms with E-state index in [0.29, 0.717) is 0 Å². The van der Waals surface area contributed by atoms with Crippen LogP contribution in [-0.4, -0.2) is 34.8 Å². The van der Waals surface area contributed by atoms with Gasteiger partial charge in [-0.15, -0.1) is 0 Å². The molecule has 0 aliphatic carbocycles. The molecule has 13 heavy (non-hydrogen) atoms. The molecule has 0 aromatic rings. The van der Waals surface area contributed by atoms with Crippen molar-refractivity contribution in [3.8, 4) is 0 Å². The third kappa shape index (κ3) is 17.8. The second kappa shape index (κ2) is 8.20. The average molecular weight is 204 g/mol. The number of hydrogen-bond donors (Lipinski definition) is 0. The Hall–Kier alpha value is -1.90. The van der Waals surface area contributed by atoms with E-state index in [9.17, 15) is 0 Å². The summed E-state index contributed by atoms with van der Waals surface area (Å²) in [6.07, 6.45) is 0. The van der Waals surface area contributed by atoms with Gasteiger partial charge in [-0.2, -0.15) is 0 Å². The fourth-order valence-corrected chi connectivity index (χ4v) is 0. The maximum atomic E-state index is 8.93. The number of carbonyl (C=O) groups is 4. The minimum Gasteiger partial charge on any atom is -0.543 e. The molecule has 0 saturated heterocycles. The van der Waals surface area contributed by atoms with Gasteiger partial charge in [0, 0.05) is 0 Å². The van der Waals surface area contributed by atoms with Crippen molar-refractivity contribution < 1.29 is 39.6 Å². The third-order valence-corrected chi connectivity index (χ3v) is 0.333. The van der Waals surface area contributed by atoms with Gasteiger partial charge in [-0.25, -0.2) is 0 Å². The van der Waals surface area contributed by atoms with Crippen LogP contribution in [0.15, 0.2) is 0 Å². The molecule has 0 aliphatic rings. The van der Waals surface area contributed by atoms with Crippen LogP contribution in [-0.2, 0) is 19.2 Å². The molecular formula is C4O8Si. The molecule has 0 bridgehead atoms. The fraction of sp³-hybridized carbons (Fsp3) is 0. The molecule has 0 atom stereocenters. The summed E-state index contributed by atoms with van der Waals surface area (Å²) in [5, 5.41) is 35.7. The van der Waals surface area contributed by atoms with Gasteiger partial charge in [0.1, 0.15) is 0 Å². The molecule has 0 fully saturated rings. The Kier molecular flexibility index (Phi) is 10.9. The third-order valence-electron chi connectivity index (χ3n) is 0.333. The van der Waals surface area contributed by atoms with Crippen LogP contribution in [0.25, 0.3) is 0 Å². The quantitative estimate of drug-likeness (QED) is 0.277. The number of carboxylic acids is 4. The van der Waals surface area contributed by atoms with Gasteiger partial charge in [-0.3, -0.25) is 0 Å². The van der Waals surface area contributed by atoms with Gasteiger partial charge in [0.25, 0.3) is 0 Å². The number of rotatable bonds is 0. The van der Waals surface area contributed by atoms with E-state index in [-0.39, 0.29) is 11.0 Å². The van der Waals surface area contributed by atoms with Crippen LogP contribution in [0.4, 0.5) is 0 Å². The van der Waals surface area contributed by atoms with Gasteiger partial charge in [0.05, 0.1) is 23.9 Å². The zero-order valence-electron chi connectivity index (χ0n) is 5.77. The zero-order valence-corrected chi connectivity index (χ0v) is 6.77. The molecule has 0 aromatic carbocycles. The summed E-state index contributed by atoms with van der Waals surface area (Å²) in [5.41, 5.74) is 0. The predicted molar refractivity (Wildman–Crippen MR) is 25.8 cm³/mol. The monoisotopic (exact) mass is 204 g/mol. The van der Waals surface area contributed by atoms with E-state index < -0.39 is 23.9 Å². The summed E-state index contributed by atoms with van der Waals surface area (Å²) in [6, 6.07) is 0. The molecule has 0 N–H and O–H groups in total. The Labute approximate surface area is 75.4 Å². The van der Waals surface area contributed by atoms with E-state index in [4.69, 9.17) is 39.6 Å². The van der Waals surface area contributed by atoms with Gasteiger partial charge < -0.3 is 39.6 Å². The molecule has 8 nitrogen and oxygen atoms in total. The molecule has 68 valence electrons. The topological polar surface area (TPSA) is 161 Å². The van der Waals surface area contributed by atoms with Crippen molar-refractivity contribution in [3.63, 3.8) is 0 Å². The summed E-state index contributed by atoms with van der Waals surface area (Å²) in [6.45, 7) is 0. The molecule has 0 unspecified atom stereocenters. The first kappa shape index (κ1) is 17.3. The summed E-state index contributed by atoms with van der Waals surface area (Å²) in [7, 11) is 0. The molecule has 0 radical (unpaired) electrons. The van der Waals surface area contributed by atoms with Gasteiger partial charge in [-0.05, 0) is 0 Å². The Morgan fingerprint density at radius 2 is 0.615 bits per heavy atom. The van der Waals surface area contributed by atoms with Crippen molar-refractivity contribution in [2.75, 3.05) is 0 Å². The largest absolute Gasteiger partial charge is 4.00 e. The van der Waals surface area contributed by atoms with E-state index in [2.05, 4.69) is 0 Å². The van der Waals surface area contributed by atoms with Gasteiger partial charge in [-0.1, -0.05) is 0 Å².